The highest BCUT2D eigenvalue weighted by atomic mass is 79.9. The topological polar surface area (TPSA) is 49.3 Å². The summed E-state index contributed by atoms with van der Waals surface area (Å²) in [5, 5.41) is 12.8. The highest BCUT2D eigenvalue weighted by molar-refractivity contribution is 9.11. The number of carbonyl (C=O) groups excluding carboxylic acids is 1. The van der Waals surface area contributed by atoms with Crippen LogP contribution < -0.4 is 5.32 Å². The van der Waals surface area contributed by atoms with E-state index in [4.69, 9.17) is 0 Å². The molecule has 1 aromatic heterocycles. The van der Waals surface area contributed by atoms with Gasteiger partial charge in [-0.15, -0.1) is 11.3 Å². The fourth-order valence-electron chi connectivity index (χ4n) is 1.68. The lowest BCUT2D eigenvalue weighted by Gasteiger charge is -2.19. The second-order valence-corrected chi connectivity index (χ2v) is 7.70. The number of hydrogen-bond donors (Lipinski definition) is 2. The van der Waals surface area contributed by atoms with Crippen molar-refractivity contribution in [3.05, 3.63) is 20.8 Å². The first-order valence-electron chi connectivity index (χ1n) is 5.43. The molecular formula is C11H14BrNO2S2. The van der Waals surface area contributed by atoms with E-state index in [1.807, 2.05) is 12.1 Å². The minimum absolute atomic E-state index is 0.224. The van der Waals surface area contributed by atoms with Gasteiger partial charge in [0.05, 0.1) is 3.79 Å². The molecule has 3 nitrogen and oxygen atoms in total. The van der Waals surface area contributed by atoms with Crippen molar-refractivity contribution in [2.24, 2.45) is 0 Å². The molecule has 1 saturated heterocycles. The monoisotopic (exact) mass is 335 g/mol. The molecule has 0 radical (unpaired) electrons. The molecule has 17 heavy (non-hydrogen) atoms. The Morgan fingerprint density at radius 3 is 3.00 bits per heavy atom. The summed E-state index contributed by atoms with van der Waals surface area (Å²) in [5.41, 5.74) is -1.14. The van der Waals surface area contributed by atoms with E-state index in [2.05, 4.69) is 21.2 Å². The molecule has 0 spiro atoms. The molecule has 2 N–H and O–H groups in total. The molecule has 1 fully saturated rings. The fraction of sp³-hybridized carbons (Fsp3) is 0.545. The molecule has 6 heteroatoms. The van der Waals surface area contributed by atoms with E-state index in [0.717, 1.165) is 16.0 Å². The van der Waals surface area contributed by atoms with Crippen LogP contribution in [0.15, 0.2) is 15.9 Å². The second kappa shape index (κ2) is 5.73. The van der Waals surface area contributed by atoms with Crippen LogP contribution in [0, 0.1) is 0 Å². The van der Waals surface area contributed by atoms with Crippen LogP contribution in [0.3, 0.4) is 0 Å². The van der Waals surface area contributed by atoms with Gasteiger partial charge in [-0.1, -0.05) is 0 Å². The molecule has 0 aliphatic carbocycles. The SMILES string of the molecule is O=C(NCCc1ccc(Br)s1)C1(O)CCSC1. The number of halogens is 1. The van der Waals surface area contributed by atoms with Crippen LogP contribution in [0.2, 0.25) is 0 Å². The number of amides is 1. The third kappa shape index (κ3) is 3.47. The first-order chi connectivity index (χ1) is 8.10. The Labute approximate surface area is 117 Å². The summed E-state index contributed by atoms with van der Waals surface area (Å²) in [6, 6.07) is 4.05. The summed E-state index contributed by atoms with van der Waals surface area (Å²) in [5.74, 6) is 1.16. The number of thioether (sulfide) groups is 1. The van der Waals surface area contributed by atoms with Crippen LogP contribution in [0.1, 0.15) is 11.3 Å². The number of rotatable bonds is 4. The van der Waals surface area contributed by atoms with E-state index >= 15 is 0 Å². The summed E-state index contributed by atoms with van der Waals surface area (Å²) < 4.78 is 1.10. The number of hydrogen-bond acceptors (Lipinski definition) is 4. The van der Waals surface area contributed by atoms with Crippen molar-refractivity contribution in [2.45, 2.75) is 18.4 Å². The Bertz CT molecular complexity index is 402. The minimum atomic E-state index is -1.14. The van der Waals surface area contributed by atoms with Gasteiger partial charge in [-0.3, -0.25) is 4.79 Å². The van der Waals surface area contributed by atoms with Crippen molar-refractivity contribution in [1.29, 1.82) is 0 Å². The summed E-state index contributed by atoms with van der Waals surface area (Å²) in [6.45, 7) is 0.582. The zero-order valence-electron chi connectivity index (χ0n) is 9.24. The predicted molar refractivity (Wildman–Crippen MR) is 75.6 cm³/mol. The molecule has 0 saturated carbocycles. The van der Waals surface area contributed by atoms with Gasteiger partial charge in [-0.25, -0.2) is 0 Å². The van der Waals surface area contributed by atoms with Crippen LogP contribution in [0.4, 0.5) is 0 Å². The molecule has 2 heterocycles. The summed E-state index contributed by atoms with van der Waals surface area (Å²) in [4.78, 5) is 13.0. The Balaban J connectivity index is 1.77. The maximum absolute atomic E-state index is 11.8. The Hall–Kier alpha value is -0.0400. The highest BCUT2D eigenvalue weighted by Crippen LogP contribution is 2.28. The van der Waals surface area contributed by atoms with Gasteiger partial charge in [-0.05, 0) is 46.7 Å². The zero-order valence-corrected chi connectivity index (χ0v) is 12.5. The average Bonchev–Trinajstić information content (AvgIpc) is 2.89. The predicted octanol–water partition coefficient (Wildman–Crippen LogP) is 2.04. The molecule has 1 atom stereocenters. The third-order valence-corrected chi connectivity index (χ3v) is 5.57. The van der Waals surface area contributed by atoms with Crippen molar-refractivity contribution < 1.29 is 9.90 Å². The maximum Gasteiger partial charge on any atom is 0.252 e. The Morgan fingerprint density at radius 1 is 1.59 bits per heavy atom. The van der Waals surface area contributed by atoms with E-state index in [1.54, 1.807) is 23.1 Å². The van der Waals surface area contributed by atoms with Gasteiger partial charge >= 0.3 is 0 Å². The number of carbonyl (C=O) groups is 1. The summed E-state index contributed by atoms with van der Waals surface area (Å²) in [7, 11) is 0. The first kappa shape index (κ1) is 13.4. The largest absolute Gasteiger partial charge is 0.379 e. The van der Waals surface area contributed by atoms with Crippen molar-refractivity contribution >= 4 is 44.9 Å². The van der Waals surface area contributed by atoms with Gasteiger partial charge < -0.3 is 10.4 Å². The van der Waals surface area contributed by atoms with Crippen molar-refractivity contribution in [3.8, 4) is 0 Å². The first-order valence-corrected chi connectivity index (χ1v) is 8.19. The number of aliphatic hydroxyl groups is 1. The van der Waals surface area contributed by atoms with Gasteiger partial charge in [0.25, 0.3) is 5.91 Å². The van der Waals surface area contributed by atoms with Gasteiger partial charge in [0, 0.05) is 17.2 Å². The van der Waals surface area contributed by atoms with E-state index in [9.17, 15) is 9.90 Å². The molecule has 0 bridgehead atoms. The molecule has 1 unspecified atom stereocenters. The van der Waals surface area contributed by atoms with Crippen molar-refractivity contribution in [3.63, 3.8) is 0 Å². The standard InChI is InChI=1S/C11H14BrNO2S2/c12-9-2-1-8(17-9)3-5-13-10(14)11(15)4-6-16-7-11/h1-2,15H,3-7H2,(H,13,14). The normalized spacial score (nSPS) is 23.9. The summed E-state index contributed by atoms with van der Waals surface area (Å²) in [6.07, 6.45) is 1.37. The molecular weight excluding hydrogens is 322 g/mol. The molecule has 1 amide bonds. The Morgan fingerprint density at radius 2 is 2.41 bits per heavy atom. The van der Waals surface area contributed by atoms with Gasteiger partial charge in [0.15, 0.2) is 5.60 Å². The third-order valence-electron chi connectivity index (χ3n) is 2.71. The molecule has 0 aromatic carbocycles. The minimum Gasteiger partial charge on any atom is -0.379 e. The van der Waals surface area contributed by atoms with Crippen LogP contribution in [0.5, 0.6) is 0 Å². The quantitative estimate of drug-likeness (QED) is 0.885. The number of thiophene rings is 1. The fourth-order valence-corrected chi connectivity index (χ4v) is 4.41. The highest BCUT2D eigenvalue weighted by Gasteiger charge is 2.39. The van der Waals surface area contributed by atoms with E-state index in [1.165, 1.54) is 4.88 Å². The lowest BCUT2D eigenvalue weighted by atomic mass is 10.0. The van der Waals surface area contributed by atoms with E-state index < -0.39 is 5.60 Å². The lowest BCUT2D eigenvalue weighted by Crippen LogP contribution is -2.47. The zero-order chi connectivity index (χ0) is 12.3. The lowest BCUT2D eigenvalue weighted by molar-refractivity contribution is -0.137. The summed E-state index contributed by atoms with van der Waals surface area (Å²) >= 11 is 6.70. The molecule has 1 aromatic rings. The van der Waals surface area contributed by atoms with E-state index in [0.29, 0.717) is 18.7 Å². The molecule has 2 rings (SSSR count). The molecule has 1 aliphatic heterocycles. The van der Waals surface area contributed by atoms with Gasteiger partial charge in [0.1, 0.15) is 0 Å². The smallest absolute Gasteiger partial charge is 0.252 e. The molecule has 1 aliphatic rings. The second-order valence-electron chi connectivity index (χ2n) is 4.05. The maximum atomic E-state index is 11.8. The van der Waals surface area contributed by atoms with Crippen LogP contribution in [-0.2, 0) is 11.2 Å². The van der Waals surface area contributed by atoms with Crippen molar-refractivity contribution in [2.75, 3.05) is 18.1 Å². The Kier molecular flexibility index (Phi) is 4.52. The van der Waals surface area contributed by atoms with E-state index in [-0.39, 0.29) is 5.91 Å². The molecule has 94 valence electrons. The van der Waals surface area contributed by atoms with Crippen LogP contribution in [-0.4, -0.2) is 34.7 Å². The van der Waals surface area contributed by atoms with Crippen LogP contribution in [0.25, 0.3) is 0 Å². The number of nitrogens with one attached hydrogen (secondary N) is 1. The van der Waals surface area contributed by atoms with Crippen LogP contribution >= 0.6 is 39.0 Å². The van der Waals surface area contributed by atoms with Gasteiger partial charge in [-0.2, -0.15) is 11.8 Å². The van der Waals surface area contributed by atoms with Crippen molar-refractivity contribution in [1.82, 2.24) is 5.32 Å². The van der Waals surface area contributed by atoms with Gasteiger partial charge in [0.2, 0.25) is 0 Å². The average molecular weight is 336 g/mol.